The zero-order valence-electron chi connectivity index (χ0n) is 12.9. The highest BCUT2D eigenvalue weighted by molar-refractivity contribution is 7.92. The molecule has 0 aliphatic carbocycles. The first-order valence-corrected chi connectivity index (χ1v) is 9.21. The Hall–Kier alpha value is -2.22. The zero-order chi connectivity index (χ0) is 18.0. The number of sulfonamides is 1. The summed E-state index contributed by atoms with van der Waals surface area (Å²) in [4.78, 5) is -0.0426. The molecule has 1 N–H and O–H groups in total. The fourth-order valence-electron chi connectivity index (χ4n) is 2.11. The van der Waals surface area contributed by atoms with E-state index in [4.69, 9.17) is 32.5 Å². The molecule has 25 heavy (non-hydrogen) atoms. The van der Waals surface area contributed by atoms with Gasteiger partial charge < -0.3 is 9.26 Å². The summed E-state index contributed by atoms with van der Waals surface area (Å²) in [6.07, 6.45) is 1.43. The quantitative estimate of drug-likeness (QED) is 0.685. The number of methoxy groups -OCH3 is 1. The van der Waals surface area contributed by atoms with Gasteiger partial charge in [0.2, 0.25) is 5.88 Å². The molecule has 0 spiro atoms. The number of anilines is 1. The lowest BCUT2D eigenvalue weighted by Crippen LogP contribution is -2.13. The predicted molar refractivity (Wildman–Crippen MR) is 95.8 cm³/mol. The van der Waals surface area contributed by atoms with Crippen LogP contribution in [0.5, 0.6) is 5.75 Å². The van der Waals surface area contributed by atoms with Crippen molar-refractivity contribution in [2.24, 2.45) is 0 Å². The molecule has 9 heteroatoms. The van der Waals surface area contributed by atoms with Crippen molar-refractivity contribution in [3.8, 4) is 16.9 Å². The third-order valence-electron chi connectivity index (χ3n) is 3.40. The average molecular weight is 399 g/mol. The molecule has 0 aliphatic rings. The molecule has 0 bridgehead atoms. The third kappa shape index (κ3) is 3.73. The molecular formula is C16H12Cl2N2O4S. The fourth-order valence-corrected chi connectivity index (χ4v) is 3.51. The molecule has 1 aromatic heterocycles. The number of hydrogen-bond acceptors (Lipinski definition) is 5. The largest absolute Gasteiger partial charge is 0.497 e. The minimum atomic E-state index is -3.92. The van der Waals surface area contributed by atoms with Crippen LogP contribution in [-0.4, -0.2) is 20.7 Å². The Morgan fingerprint density at radius 1 is 1.08 bits per heavy atom. The molecule has 0 radical (unpaired) electrons. The van der Waals surface area contributed by atoms with Gasteiger partial charge in [-0.05, 0) is 35.9 Å². The van der Waals surface area contributed by atoms with E-state index in [0.717, 1.165) is 0 Å². The Morgan fingerprint density at radius 2 is 1.80 bits per heavy atom. The lowest BCUT2D eigenvalue weighted by Gasteiger charge is -2.08. The first-order chi connectivity index (χ1) is 11.9. The lowest BCUT2D eigenvalue weighted by molar-refractivity contribution is 0.415. The second-order valence-electron chi connectivity index (χ2n) is 4.98. The number of rotatable bonds is 5. The van der Waals surface area contributed by atoms with E-state index in [1.807, 2.05) is 0 Å². The average Bonchev–Trinajstić information content (AvgIpc) is 3.04. The SMILES string of the molecule is COc1ccc(-c2cnoc2NS(=O)(=O)c2ccc(Cl)c(Cl)c2)cc1. The van der Waals surface area contributed by atoms with Crippen LogP contribution in [0.3, 0.4) is 0 Å². The molecule has 0 fully saturated rings. The Labute approximate surface area is 154 Å². The second kappa shape index (κ2) is 6.95. The topological polar surface area (TPSA) is 81.4 Å². The highest BCUT2D eigenvalue weighted by Gasteiger charge is 2.20. The van der Waals surface area contributed by atoms with Gasteiger partial charge in [0.05, 0.1) is 33.8 Å². The van der Waals surface area contributed by atoms with E-state index in [1.165, 1.54) is 24.4 Å². The lowest BCUT2D eigenvalue weighted by atomic mass is 10.1. The summed E-state index contributed by atoms with van der Waals surface area (Å²) < 4.78 is 37.6. The van der Waals surface area contributed by atoms with Crippen LogP contribution in [0.2, 0.25) is 10.0 Å². The highest BCUT2D eigenvalue weighted by Crippen LogP contribution is 2.31. The summed E-state index contributed by atoms with van der Waals surface area (Å²) in [5, 5.41) is 4.07. The van der Waals surface area contributed by atoms with E-state index in [2.05, 4.69) is 9.88 Å². The molecule has 3 aromatic rings. The van der Waals surface area contributed by atoms with Crippen LogP contribution < -0.4 is 9.46 Å². The number of benzene rings is 2. The number of hydrogen-bond donors (Lipinski definition) is 1. The predicted octanol–water partition coefficient (Wildman–Crippen LogP) is 4.46. The summed E-state index contributed by atoms with van der Waals surface area (Å²) in [6.45, 7) is 0. The van der Waals surface area contributed by atoms with Crippen molar-refractivity contribution >= 4 is 39.1 Å². The molecule has 0 atom stereocenters. The Morgan fingerprint density at radius 3 is 2.44 bits per heavy atom. The van der Waals surface area contributed by atoms with Gasteiger partial charge in [0.1, 0.15) is 5.75 Å². The smallest absolute Gasteiger partial charge is 0.264 e. The fraction of sp³-hybridized carbons (Fsp3) is 0.0625. The summed E-state index contributed by atoms with van der Waals surface area (Å²) in [7, 11) is -2.36. The van der Waals surface area contributed by atoms with Crippen LogP contribution in [0.4, 0.5) is 5.88 Å². The van der Waals surface area contributed by atoms with Gasteiger partial charge in [0.25, 0.3) is 10.0 Å². The van der Waals surface area contributed by atoms with Crippen LogP contribution in [0.15, 0.2) is 58.1 Å². The van der Waals surface area contributed by atoms with Crippen molar-refractivity contribution in [2.75, 3.05) is 11.8 Å². The molecule has 2 aromatic carbocycles. The van der Waals surface area contributed by atoms with Crippen molar-refractivity contribution in [1.29, 1.82) is 0 Å². The van der Waals surface area contributed by atoms with Crippen molar-refractivity contribution in [2.45, 2.75) is 4.90 Å². The number of nitrogens with zero attached hydrogens (tertiary/aromatic N) is 1. The molecule has 0 amide bonds. The zero-order valence-corrected chi connectivity index (χ0v) is 15.2. The van der Waals surface area contributed by atoms with Crippen molar-refractivity contribution in [1.82, 2.24) is 5.16 Å². The van der Waals surface area contributed by atoms with E-state index in [-0.39, 0.29) is 20.8 Å². The van der Waals surface area contributed by atoms with Crippen LogP contribution >= 0.6 is 23.2 Å². The number of aromatic nitrogens is 1. The van der Waals surface area contributed by atoms with E-state index in [1.54, 1.807) is 31.4 Å². The van der Waals surface area contributed by atoms with Gasteiger partial charge in [0.15, 0.2) is 0 Å². The van der Waals surface area contributed by atoms with E-state index < -0.39 is 10.0 Å². The Bertz CT molecular complexity index is 1000. The Balaban J connectivity index is 1.93. The first-order valence-electron chi connectivity index (χ1n) is 6.97. The molecule has 1 heterocycles. The maximum Gasteiger partial charge on any atom is 0.264 e. The van der Waals surface area contributed by atoms with E-state index in [0.29, 0.717) is 16.9 Å². The van der Waals surface area contributed by atoms with Crippen molar-refractivity contribution in [3.63, 3.8) is 0 Å². The molecule has 0 saturated carbocycles. The van der Waals surface area contributed by atoms with Crippen molar-refractivity contribution in [3.05, 3.63) is 58.7 Å². The molecule has 3 rings (SSSR count). The molecule has 0 unspecified atom stereocenters. The highest BCUT2D eigenvalue weighted by atomic mass is 35.5. The van der Waals surface area contributed by atoms with Gasteiger partial charge in [-0.2, -0.15) is 0 Å². The van der Waals surface area contributed by atoms with Gasteiger partial charge >= 0.3 is 0 Å². The molecule has 130 valence electrons. The van der Waals surface area contributed by atoms with E-state index in [9.17, 15) is 8.42 Å². The van der Waals surface area contributed by atoms with Gasteiger partial charge in [-0.1, -0.05) is 40.5 Å². The molecular weight excluding hydrogens is 387 g/mol. The minimum Gasteiger partial charge on any atom is -0.497 e. The second-order valence-corrected chi connectivity index (χ2v) is 7.48. The van der Waals surface area contributed by atoms with Gasteiger partial charge in [0, 0.05) is 0 Å². The Kier molecular flexibility index (Phi) is 4.89. The van der Waals surface area contributed by atoms with E-state index >= 15 is 0 Å². The van der Waals surface area contributed by atoms with Crippen LogP contribution in [-0.2, 0) is 10.0 Å². The van der Waals surface area contributed by atoms with Gasteiger partial charge in [-0.15, -0.1) is 0 Å². The normalized spacial score (nSPS) is 11.3. The summed E-state index contributed by atoms with van der Waals surface area (Å²) in [5.41, 5.74) is 1.21. The van der Waals surface area contributed by atoms with Crippen LogP contribution in [0, 0.1) is 0 Å². The summed E-state index contributed by atoms with van der Waals surface area (Å²) in [6, 6.07) is 11.0. The maximum absolute atomic E-state index is 12.5. The maximum atomic E-state index is 12.5. The van der Waals surface area contributed by atoms with Gasteiger partial charge in [-0.3, -0.25) is 0 Å². The first kappa shape index (κ1) is 17.6. The third-order valence-corrected chi connectivity index (χ3v) is 5.47. The number of nitrogens with one attached hydrogen (secondary N) is 1. The molecule has 0 saturated heterocycles. The van der Waals surface area contributed by atoms with Crippen LogP contribution in [0.1, 0.15) is 0 Å². The van der Waals surface area contributed by atoms with Crippen LogP contribution in [0.25, 0.3) is 11.1 Å². The molecule has 0 aliphatic heterocycles. The van der Waals surface area contributed by atoms with Gasteiger partial charge in [-0.25, -0.2) is 13.1 Å². The standard InChI is InChI=1S/C16H12Cl2N2O4S/c1-23-11-4-2-10(3-5-11)13-9-19-24-16(13)20-25(21,22)12-6-7-14(17)15(18)8-12/h2-9,20H,1H3. The molecule has 6 nitrogen and oxygen atoms in total. The number of halogens is 2. The summed E-state index contributed by atoms with van der Waals surface area (Å²) >= 11 is 11.7. The minimum absolute atomic E-state index is 0.00348. The van der Waals surface area contributed by atoms with Crippen molar-refractivity contribution < 1.29 is 17.7 Å². The summed E-state index contributed by atoms with van der Waals surface area (Å²) in [5.74, 6) is 0.675. The number of ether oxygens (including phenoxy) is 1. The monoisotopic (exact) mass is 398 g/mol.